The van der Waals surface area contributed by atoms with Crippen molar-refractivity contribution in [1.29, 1.82) is 0 Å². The molecule has 0 spiro atoms. The number of carboxylic acid groups (broad SMARTS) is 2. The Morgan fingerprint density at radius 1 is 0.468 bits per heavy atom. The number of carbonyl (C=O) groups excluding carboxylic acids is 2. The van der Waals surface area contributed by atoms with Crippen LogP contribution in [-0.4, -0.2) is 46.8 Å². The van der Waals surface area contributed by atoms with Crippen LogP contribution in [-0.2, 0) is 28.7 Å². The van der Waals surface area contributed by atoms with Crippen LogP contribution in [0, 0.1) is 11.8 Å². The highest BCUT2D eigenvalue weighted by atomic mass is 16.6. The Morgan fingerprint density at radius 3 is 1.15 bits per heavy atom. The molecular weight excluding hydrogens is 596 g/mol. The number of unbranched alkanes of at least 4 members (excludes halogenated alkanes) is 18. The van der Waals surface area contributed by atoms with Crippen molar-refractivity contribution < 1.29 is 38.9 Å². The number of rotatable bonds is 35. The summed E-state index contributed by atoms with van der Waals surface area (Å²) in [7, 11) is 0. The first kappa shape index (κ1) is 44.9. The molecule has 8 heteroatoms. The van der Waals surface area contributed by atoms with Crippen LogP contribution < -0.4 is 0 Å². The van der Waals surface area contributed by atoms with Crippen molar-refractivity contribution in [1.82, 2.24) is 0 Å². The summed E-state index contributed by atoms with van der Waals surface area (Å²) in [5.74, 6) is -2.02. The van der Waals surface area contributed by atoms with E-state index >= 15 is 0 Å². The van der Waals surface area contributed by atoms with Gasteiger partial charge in [-0.15, -0.1) is 0 Å². The van der Waals surface area contributed by atoms with E-state index in [4.69, 9.17) is 19.7 Å². The molecule has 47 heavy (non-hydrogen) atoms. The molecule has 0 aliphatic rings. The van der Waals surface area contributed by atoms with Gasteiger partial charge in [0.2, 0.25) is 0 Å². The zero-order valence-corrected chi connectivity index (χ0v) is 30.6. The molecule has 0 amide bonds. The molecule has 0 aliphatic carbocycles. The first-order valence-electron chi connectivity index (χ1n) is 19.5. The average Bonchev–Trinajstić information content (AvgIpc) is 3.03. The van der Waals surface area contributed by atoms with Crippen molar-refractivity contribution in [3.05, 3.63) is 0 Å². The van der Waals surface area contributed by atoms with E-state index in [1.165, 1.54) is 12.8 Å². The van der Waals surface area contributed by atoms with Crippen molar-refractivity contribution in [3.63, 3.8) is 0 Å². The number of carboxylic acids is 2. The largest absolute Gasteiger partial charge is 0.481 e. The van der Waals surface area contributed by atoms with Crippen LogP contribution in [0.5, 0.6) is 0 Å². The van der Waals surface area contributed by atoms with Crippen LogP contribution in [0.1, 0.15) is 201 Å². The molecule has 276 valence electrons. The number of aliphatic carboxylic acids is 2. The Bertz CT molecular complexity index is 783. The highest BCUT2D eigenvalue weighted by molar-refractivity contribution is 5.73. The van der Waals surface area contributed by atoms with E-state index in [0.29, 0.717) is 0 Å². The van der Waals surface area contributed by atoms with Gasteiger partial charge >= 0.3 is 23.9 Å². The van der Waals surface area contributed by atoms with Gasteiger partial charge in [-0.2, -0.15) is 0 Å². The summed E-state index contributed by atoms with van der Waals surface area (Å²) in [4.78, 5) is 47.6. The van der Waals surface area contributed by atoms with Gasteiger partial charge < -0.3 is 19.7 Å². The lowest BCUT2D eigenvalue weighted by atomic mass is 9.94. The predicted octanol–water partition coefficient (Wildman–Crippen LogP) is 10.8. The molecule has 0 aromatic rings. The van der Waals surface area contributed by atoms with Gasteiger partial charge in [0.25, 0.3) is 0 Å². The first-order chi connectivity index (χ1) is 22.7. The van der Waals surface area contributed by atoms with Crippen LogP contribution in [0.15, 0.2) is 0 Å². The summed E-state index contributed by atoms with van der Waals surface area (Å²) < 4.78 is 11.6. The first-order valence-corrected chi connectivity index (χ1v) is 19.5. The molecule has 0 radical (unpaired) electrons. The van der Waals surface area contributed by atoms with E-state index in [-0.39, 0.29) is 43.2 Å². The molecule has 3 atom stereocenters. The monoisotopic (exact) mass is 669 g/mol. The molecule has 2 N–H and O–H groups in total. The lowest BCUT2D eigenvalue weighted by molar-refractivity contribution is -0.163. The Kier molecular flexibility index (Phi) is 31.0. The van der Waals surface area contributed by atoms with Crippen molar-refractivity contribution >= 4 is 23.9 Å². The van der Waals surface area contributed by atoms with Crippen LogP contribution in [0.25, 0.3) is 0 Å². The van der Waals surface area contributed by atoms with E-state index < -0.39 is 18.0 Å². The number of carbonyl (C=O) groups is 4. The average molecular weight is 669 g/mol. The summed E-state index contributed by atoms with van der Waals surface area (Å²) in [5.41, 5.74) is 0. The fourth-order valence-electron chi connectivity index (χ4n) is 6.14. The predicted molar refractivity (Wildman–Crippen MR) is 189 cm³/mol. The van der Waals surface area contributed by atoms with Gasteiger partial charge in [-0.05, 0) is 45.4 Å². The quantitative estimate of drug-likeness (QED) is 0.0504. The van der Waals surface area contributed by atoms with E-state index in [9.17, 15) is 19.2 Å². The Hall–Kier alpha value is -2.12. The lowest BCUT2D eigenvalue weighted by Gasteiger charge is -2.21. The summed E-state index contributed by atoms with van der Waals surface area (Å²) in [6, 6.07) is 0. The Morgan fingerprint density at radius 2 is 0.787 bits per heavy atom. The van der Waals surface area contributed by atoms with Crippen LogP contribution in [0.4, 0.5) is 0 Å². The second-order valence-corrected chi connectivity index (χ2v) is 13.8. The third-order valence-corrected chi connectivity index (χ3v) is 9.14. The number of esters is 2. The smallest absolute Gasteiger partial charge is 0.309 e. The summed E-state index contributed by atoms with van der Waals surface area (Å²) >= 11 is 0. The zero-order valence-electron chi connectivity index (χ0n) is 30.6. The Balaban J connectivity index is 4.63. The Labute approximate surface area is 287 Å². The minimum absolute atomic E-state index is 0.0941. The fraction of sp³-hybridized carbons (Fsp3) is 0.897. The maximum atomic E-state index is 13.2. The molecule has 0 aromatic heterocycles. The molecule has 0 saturated carbocycles. The van der Waals surface area contributed by atoms with E-state index in [2.05, 4.69) is 13.8 Å². The fourth-order valence-corrected chi connectivity index (χ4v) is 6.14. The molecule has 0 aliphatic heterocycles. The maximum Gasteiger partial charge on any atom is 0.309 e. The SMILES string of the molecule is CCCCCCC(CCCCCCCCCC(=O)O)C(=O)OCC(C)OC(=O)C(CCCCCC)CCCCCCCCCC(=O)O. The molecule has 8 nitrogen and oxygen atoms in total. The van der Waals surface area contributed by atoms with Crippen molar-refractivity contribution in [2.24, 2.45) is 11.8 Å². The summed E-state index contributed by atoms with van der Waals surface area (Å²) in [6.07, 6.45) is 26.3. The zero-order chi connectivity index (χ0) is 35.0. The third-order valence-electron chi connectivity index (χ3n) is 9.14. The molecule has 0 fully saturated rings. The van der Waals surface area contributed by atoms with Crippen LogP contribution >= 0.6 is 0 Å². The van der Waals surface area contributed by atoms with Crippen molar-refractivity contribution in [3.8, 4) is 0 Å². The van der Waals surface area contributed by atoms with Crippen molar-refractivity contribution in [2.45, 2.75) is 207 Å². The van der Waals surface area contributed by atoms with Gasteiger partial charge in [-0.3, -0.25) is 19.2 Å². The van der Waals surface area contributed by atoms with Gasteiger partial charge in [0, 0.05) is 12.8 Å². The molecule has 3 unspecified atom stereocenters. The second kappa shape index (κ2) is 32.4. The third kappa shape index (κ3) is 29.7. The van der Waals surface area contributed by atoms with Gasteiger partial charge in [-0.25, -0.2) is 0 Å². The topological polar surface area (TPSA) is 127 Å². The molecular formula is C39H72O8. The van der Waals surface area contributed by atoms with Crippen molar-refractivity contribution in [2.75, 3.05) is 6.61 Å². The van der Waals surface area contributed by atoms with E-state index in [1.807, 2.05) is 6.92 Å². The number of hydrogen-bond donors (Lipinski definition) is 2. The van der Waals surface area contributed by atoms with E-state index in [1.54, 1.807) is 0 Å². The van der Waals surface area contributed by atoms with Crippen LogP contribution in [0.2, 0.25) is 0 Å². The standard InChI is InChI=1S/C39H72O8/c1-4-6-8-20-26-34(27-22-16-12-10-14-18-24-30-36(40)41)38(44)46-32-33(3)47-39(45)35(28-21-9-7-5-2)29-23-17-13-11-15-19-25-31-37(42)43/h33-35H,4-32H2,1-3H3,(H,40,41)(H,42,43). The summed E-state index contributed by atoms with van der Waals surface area (Å²) in [5, 5.41) is 17.5. The summed E-state index contributed by atoms with van der Waals surface area (Å²) in [6.45, 7) is 6.27. The highest BCUT2D eigenvalue weighted by Gasteiger charge is 2.24. The molecule has 0 heterocycles. The van der Waals surface area contributed by atoms with E-state index in [0.717, 1.165) is 154 Å². The lowest BCUT2D eigenvalue weighted by Crippen LogP contribution is -2.28. The van der Waals surface area contributed by atoms with Gasteiger partial charge in [0.15, 0.2) is 0 Å². The van der Waals surface area contributed by atoms with Gasteiger partial charge in [0.1, 0.15) is 12.7 Å². The molecule has 0 bridgehead atoms. The van der Waals surface area contributed by atoms with Crippen LogP contribution in [0.3, 0.4) is 0 Å². The number of ether oxygens (including phenoxy) is 2. The minimum Gasteiger partial charge on any atom is -0.481 e. The highest BCUT2D eigenvalue weighted by Crippen LogP contribution is 2.23. The molecule has 0 aromatic carbocycles. The van der Waals surface area contributed by atoms with Gasteiger partial charge in [0.05, 0.1) is 11.8 Å². The number of hydrogen-bond acceptors (Lipinski definition) is 6. The normalized spacial score (nSPS) is 13.2. The minimum atomic E-state index is -0.724. The molecule has 0 rings (SSSR count). The molecule has 0 saturated heterocycles. The maximum absolute atomic E-state index is 13.2. The van der Waals surface area contributed by atoms with Gasteiger partial charge in [-0.1, -0.05) is 142 Å². The second-order valence-electron chi connectivity index (χ2n) is 13.8.